The lowest BCUT2D eigenvalue weighted by atomic mass is 10.2. The summed E-state index contributed by atoms with van der Waals surface area (Å²) >= 11 is 0. The molecule has 0 heterocycles. The molecule has 5 nitrogen and oxygen atoms in total. The monoisotopic (exact) mass is 283 g/mol. The van der Waals surface area contributed by atoms with Gasteiger partial charge in [-0.05, 0) is 30.7 Å². The van der Waals surface area contributed by atoms with E-state index in [4.69, 9.17) is 19.3 Å². The van der Waals surface area contributed by atoms with Gasteiger partial charge in [0.15, 0.2) is 11.5 Å². The number of aliphatic hydroxyl groups is 1. The third kappa shape index (κ3) is 6.23. The van der Waals surface area contributed by atoms with Gasteiger partial charge in [0.25, 0.3) is 0 Å². The molecule has 0 unspecified atom stereocenters. The first-order chi connectivity index (χ1) is 9.81. The first kappa shape index (κ1) is 16.8. The van der Waals surface area contributed by atoms with Crippen molar-refractivity contribution in [3.8, 4) is 11.5 Å². The predicted octanol–water partition coefficient (Wildman–Crippen LogP) is 1.58. The smallest absolute Gasteiger partial charge is 0.161 e. The van der Waals surface area contributed by atoms with Crippen LogP contribution in [0.5, 0.6) is 11.5 Å². The molecule has 0 radical (unpaired) electrons. The van der Waals surface area contributed by atoms with Crippen molar-refractivity contribution >= 4 is 0 Å². The molecule has 0 atom stereocenters. The van der Waals surface area contributed by atoms with Gasteiger partial charge in [-0.1, -0.05) is 13.0 Å². The Balaban J connectivity index is 2.45. The second-order valence-corrected chi connectivity index (χ2v) is 4.35. The van der Waals surface area contributed by atoms with Gasteiger partial charge < -0.3 is 24.6 Å². The van der Waals surface area contributed by atoms with Gasteiger partial charge in [-0.15, -0.1) is 0 Å². The fraction of sp³-hybridized carbons (Fsp3) is 0.600. The average molecular weight is 283 g/mol. The molecule has 0 saturated carbocycles. The Hall–Kier alpha value is -1.30. The lowest BCUT2D eigenvalue weighted by Crippen LogP contribution is -2.14. The largest absolute Gasteiger partial charge is 0.493 e. The summed E-state index contributed by atoms with van der Waals surface area (Å²) in [4.78, 5) is 0. The van der Waals surface area contributed by atoms with Crippen LogP contribution in [0.1, 0.15) is 18.9 Å². The van der Waals surface area contributed by atoms with Gasteiger partial charge in [0, 0.05) is 6.54 Å². The fourth-order valence-electron chi connectivity index (χ4n) is 1.73. The van der Waals surface area contributed by atoms with Crippen LogP contribution in [0.15, 0.2) is 18.2 Å². The number of aliphatic hydroxyl groups excluding tert-OH is 1. The van der Waals surface area contributed by atoms with E-state index in [2.05, 4.69) is 12.2 Å². The molecule has 2 N–H and O–H groups in total. The SMILES string of the molecule is CCCNCc1ccc(OCCOCCO)c(OC)c1. The zero-order valence-electron chi connectivity index (χ0n) is 12.4. The number of methoxy groups -OCH3 is 1. The maximum Gasteiger partial charge on any atom is 0.161 e. The van der Waals surface area contributed by atoms with Crippen molar-refractivity contribution in [3.63, 3.8) is 0 Å². The van der Waals surface area contributed by atoms with Gasteiger partial charge in [-0.2, -0.15) is 0 Å². The minimum Gasteiger partial charge on any atom is -0.493 e. The molecule has 1 aromatic rings. The molecular weight excluding hydrogens is 258 g/mol. The Labute approximate surface area is 120 Å². The molecule has 0 aliphatic carbocycles. The van der Waals surface area contributed by atoms with E-state index in [1.165, 1.54) is 5.56 Å². The zero-order valence-corrected chi connectivity index (χ0v) is 12.4. The minimum atomic E-state index is 0.0305. The maximum atomic E-state index is 8.59. The van der Waals surface area contributed by atoms with E-state index in [9.17, 15) is 0 Å². The van der Waals surface area contributed by atoms with Crippen LogP contribution in [-0.4, -0.2) is 45.2 Å². The maximum absolute atomic E-state index is 8.59. The molecule has 1 aromatic carbocycles. The van der Waals surface area contributed by atoms with Gasteiger partial charge in [0.05, 0.1) is 26.9 Å². The number of ether oxygens (including phenoxy) is 3. The first-order valence-electron chi connectivity index (χ1n) is 7.00. The Morgan fingerprint density at radius 1 is 1.15 bits per heavy atom. The van der Waals surface area contributed by atoms with Crippen molar-refractivity contribution in [1.29, 1.82) is 0 Å². The van der Waals surface area contributed by atoms with Crippen LogP contribution in [0.3, 0.4) is 0 Å². The molecule has 0 bridgehead atoms. The van der Waals surface area contributed by atoms with Crippen LogP contribution < -0.4 is 14.8 Å². The highest BCUT2D eigenvalue weighted by molar-refractivity contribution is 5.42. The Kier molecular flexibility index (Phi) is 8.78. The van der Waals surface area contributed by atoms with Crippen LogP contribution >= 0.6 is 0 Å². The number of benzene rings is 1. The van der Waals surface area contributed by atoms with Gasteiger partial charge in [-0.3, -0.25) is 0 Å². The zero-order chi connectivity index (χ0) is 14.6. The highest BCUT2D eigenvalue weighted by atomic mass is 16.5. The van der Waals surface area contributed by atoms with Crippen molar-refractivity contribution in [1.82, 2.24) is 5.32 Å². The number of hydrogen-bond donors (Lipinski definition) is 2. The Morgan fingerprint density at radius 3 is 2.70 bits per heavy atom. The number of nitrogens with one attached hydrogen (secondary N) is 1. The van der Waals surface area contributed by atoms with E-state index in [0.717, 1.165) is 25.3 Å². The number of hydrogen-bond acceptors (Lipinski definition) is 5. The predicted molar refractivity (Wildman–Crippen MR) is 78.4 cm³/mol. The quantitative estimate of drug-likeness (QED) is 0.604. The van der Waals surface area contributed by atoms with Crippen molar-refractivity contribution in [2.24, 2.45) is 0 Å². The molecule has 0 spiro atoms. The molecule has 5 heteroatoms. The summed E-state index contributed by atoms with van der Waals surface area (Å²) in [7, 11) is 1.63. The Morgan fingerprint density at radius 2 is 2.00 bits per heavy atom. The second kappa shape index (κ2) is 10.5. The van der Waals surface area contributed by atoms with Crippen molar-refractivity contribution in [2.45, 2.75) is 19.9 Å². The van der Waals surface area contributed by atoms with E-state index >= 15 is 0 Å². The lowest BCUT2D eigenvalue weighted by molar-refractivity contribution is 0.0699. The van der Waals surface area contributed by atoms with Crippen molar-refractivity contribution in [2.75, 3.05) is 40.1 Å². The Bertz CT molecular complexity index is 371. The highest BCUT2D eigenvalue weighted by Crippen LogP contribution is 2.27. The average Bonchev–Trinajstić information content (AvgIpc) is 2.48. The summed E-state index contributed by atoms with van der Waals surface area (Å²) in [5.41, 5.74) is 1.17. The van der Waals surface area contributed by atoms with Crippen LogP contribution in [-0.2, 0) is 11.3 Å². The van der Waals surface area contributed by atoms with E-state index in [0.29, 0.717) is 25.6 Å². The topological polar surface area (TPSA) is 60.0 Å². The van der Waals surface area contributed by atoms with Crippen LogP contribution in [0.25, 0.3) is 0 Å². The molecule has 20 heavy (non-hydrogen) atoms. The third-order valence-corrected chi connectivity index (χ3v) is 2.70. The standard InChI is InChI=1S/C15H25NO4/c1-3-6-16-12-13-4-5-14(15(11-13)18-2)20-10-9-19-8-7-17/h4-5,11,16-17H,3,6-10,12H2,1-2H3. The summed E-state index contributed by atoms with van der Waals surface area (Å²) in [6, 6.07) is 5.91. The molecule has 0 aromatic heterocycles. The molecule has 0 saturated heterocycles. The molecule has 0 aliphatic heterocycles. The molecule has 0 aliphatic rings. The highest BCUT2D eigenvalue weighted by Gasteiger charge is 2.05. The van der Waals surface area contributed by atoms with Gasteiger partial charge in [0.1, 0.15) is 6.61 Å². The van der Waals surface area contributed by atoms with Crippen molar-refractivity contribution in [3.05, 3.63) is 23.8 Å². The summed E-state index contributed by atoms with van der Waals surface area (Å²) in [6.07, 6.45) is 1.12. The second-order valence-electron chi connectivity index (χ2n) is 4.35. The molecule has 1 rings (SSSR count). The van der Waals surface area contributed by atoms with Crippen molar-refractivity contribution < 1.29 is 19.3 Å². The molecule has 0 fully saturated rings. The van der Waals surface area contributed by atoms with Crippen LogP contribution in [0.4, 0.5) is 0 Å². The van der Waals surface area contributed by atoms with E-state index in [1.807, 2.05) is 18.2 Å². The van der Waals surface area contributed by atoms with Crippen LogP contribution in [0.2, 0.25) is 0 Å². The van der Waals surface area contributed by atoms with Gasteiger partial charge >= 0.3 is 0 Å². The molecule has 114 valence electrons. The number of rotatable bonds is 11. The lowest BCUT2D eigenvalue weighted by Gasteiger charge is -2.12. The third-order valence-electron chi connectivity index (χ3n) is 2.70. The van der Waals surface area contributed by atoms with Gasteiger partial charge in [0.2, 0.25) is 0 Å². The molecule has 0 amide bonds. The van der Waals surface area contributed by atoms with Crippen LogP contribution in [0, 0.1) is 0 Å². The van der Waals surface area contributed by atoms with E-state index in [1.54, 1.807) is 7.11 Å². The van der Waals surface area contributed by atoms with E-state index in [-0.39, 0.29) is 6.61 Å². The van der Waals surface area contributed by atoms with E-state index < -0.39 is 0 Å². The summed E-state index contributed by atoms with van der Waals surface area (Å²) < 4.78 is 16.1. The summed E-state index contributed by atoms with van der Waals surface area (Å²) in [6.45, 7) is 5.22. The summed E-state index contributed by atoms with van der Waals surface area (Å²) in [5, 5.41) is 11.9. The van der Waals surface area contributed by atoms with Gasteiger partial charge in [-0.25, -0.2) is 0 Å². The minimum absolute atomic E-state index is 0.0305. The normalized spacial score (nSPS) is 10.6. The summed E-state index contributed by atoms with van der Waals surface area (Å²) in [5.74, 6) is 1.43. The fourth-order valence-corrected chi connectivity index (χ4v) is 1.73. The molecular formula is C15H25NO4. The first-order valence-corrected chi connectivity index (χ1v) is 7.00.